The van der Waals surface area contributed by atoms with Gasteiger partial charge in [0.1, 0.15) is 4.99 Å². The summed E-state index contributed by atoms with van der Waals surface area (Å²) >= 11 is 4.89. The minimum Gasteiger partial charge on any atom is -0.389 e. The molecule has 0 saturated carbocycles. The number of nitrogens with two attached hydrogens (primary N) is 1. The van der Waals surface area contributed by atoms with E-state index in [2.05, 4.69) is 0 Å². The van der Waals surface area contributed by atoms with Gasteiger partial charge in [-0.25, -0.2) is 12.7 Å². The third kappa shape index (κ3) is 3.28. The molecule has 0 saturated heterocycles. The first-order valence-electron chi connectivity index (χ1n) is 5.62. The van der Waals surface area contributed by atoms with Crippen molar-refractivity contribution >= 4 is 27.2 Å². The first-order chi connectivity index (χ1) is 8.26. The minimum atomic E-state index is -3.54. The van der Waals surface area contributed by atoms with Gasteiger partial charge in [0, 0.05) is 19.2 Å². The van der Waals surface area contributed by atoms with Gasteiger partial charge in [-0.3, -0.25) is 0 Å². The van der Waals surface area contributed by atoms with E-state index in [0.717, 1.165) is 0 Å². The van der Waals surface area contributed by atoms with E-state index < -0.39 is 10.0 Å². The molecule has 1 rings (SSSR count). The van der Waals surface area contributed by atoms with Gasteiger partial charge in [-0.15, -0.1) is 0 Å². The molecule has 0 atom stereocenters. The van der Waals surface area contributed by atoms with Crippen molar-refractivity contribution in [2.75, 3.05) is 13.6 Å². The monoisotopic (exact) mass is 286 g/mol. The summed E-state index contributed by atoms with van der Waals surface area (Å²) < 4.78 is 26.1. The highest BCUT2D eigenvalue weighted by Gasteiger charge is 2.24. The first-order valence-corrected chi connectivity index (χ1v) is 7.46. The lowest BCUT2D eigenvalue weighted by Gasteiger charge is -2.20. The van der Waals surface area contributed by atoms with Crippen LogP contribution in [0, 0.1) is 5.92 Å². The van der Waals surface area contributed by atoms with Crippen LogP contribution >= 0.6 is 12.2 Å². The Morgan fingerprint density at radius 2 is 1.94 bits per heavy atom. The summed E-state index contributed by atoms with van der Waals surface area (Å²) in [6, 6.07) is 6.53. The van der Waals surface area contributed by atoms with Crippen LogP contribution in [0.15, 0.2) is 29.2 Å². The van der Waals surface area contributed by atoms with Crippen LogP contribution in [0.3, 0.4) is 0 Å². The van der Waals surface area contributed by atoms with Crippen molar-refractivity contribution in [3.8, 4) is 0 Å². The molecule has 0 radical (unpaired) electrons. The highest BCUT2D eigenvalue weighted by Crippen LogP contribution is 2.19. The Balaban J connectivity index is 3.24. The molecule has 18 heavy (non-hydrogen) atoms. The molecule has 0 heterocycles. The van der Waals surface area contributed by atoms with Gasteiger partial charge in [0.15, 0.2) is 0 Å². The van der Waals surface area contributed by atoms with E-state index in [-0.39, 0.29) is 15.8 Å². The largest absolute Gasteiger partial charge is 0.389 e. The fraction of sp³-hybridized carbons (Fsp3) is 0.417. The van der Waals surface area contributed by atoms with Crippen molar-refractivity contribution in [1.82, 2.24) is 4.31 Å². The predicted octanol–water partition coefficient (Wildman–Crippen LogP) is 1.60. The van der Waals surface area contributed by atoms with Crippen molar-refractivity contribution in [3.63, 3.8) is 0 Å². The summed E-state index contributed by atoms with van der Waals surface area (Å²) in [6.07, 6.45) is 0. The highest BCUT2D eigenvalue weighted by molar-refractivity contribution is 7.89. The van der Waals surface area contributed by atoms with Crippen molar-refractivity contribution in [2.45, 2.75) is 18.7 Å². The van der Waals surface area contributed by atoms with Crippen LogP contribution in [-0.4, -0.2) is 31.3 Å². The van der Waals surface area contributed by atoms with Crippen LogP contribution in [0.2, 0.25) is 0 Å². The Morgan fingerprint density at radius 1 is 1.39 bits per heavy atom. The molecule has 0 aliphatic carbocycles. The summed E-state index contributed by atoms with van der Waals surface area (Å²) in [6.45, 7) is 4.38. The normalized spacial score (nSPS) is 12.1. The molecular formula is C12H18N2O2S2. The van der Waals surface area contributed by atoms with Gasteiger partial charge in [-0.1, -0.05) is 44.3 Å². The second-order valence-corrected chi connectivity index (χ2v) is 6.99. The molecular weight excluding hydrogens is 268 g/mol. The minimum absolute atomic E-state index is 0.0899. The average molecular weight is 286 g/mol. The predicted molar refractivity (Wildman–Crippen MR) is 77.0 cm³/mol. The van der Waals surface area contributed by atoms with E-state index in [1.54, 1.807) is 25.2 Å². The lowest BCUT2D eigenvalue weighted by Crippen LogP contribution is -2.32. The summed E-state index contributed by atoms with van der Waals surface area (Å²) in [4.78, 5) is 0.257. The maximum atomic E-state index is 12.4. The number of thiocarbonyl (C=S) groups is 1. The third-order valence-electron chi connectivity index (χ3n) is 2.46. The summed E-state index contributed by atoms with van der Waals surface area (Å²) in [5, 5.41) is 0. The van der Waals surface area contributed by atoms with Crippen LogP contribution in [-0.2, 0) is 10.0 Å². The van der Waals surface area contributed by atoms with Gasteiger partial charge in [0.2, 0.25) is 10.0 Å². The zero-order chi connectivity index (χ0) is 13.9. The fourth-order valence-corrected chi connectivity index (χ4v) is 3.45. The van der Waals surface area contributed by atoms with Crippen LogP contribution in [0.5, 0.6) is 0 Å². The molecule has 0 aliphatic rings. The lowest BCUT2D eigenvalue weighted by atomic mass is 10.2. The zero-order valence-corrected chi connectivity index (χ0v) is 12.4. The number of nitrogens with zero attached hydrogens (tertiary/aromatic N) is 1. The second kappa shape index (κ2) is 5.77. The number of hydrogen-bond acceptors (Lipinski definition) is 3. The van der Waals surface area contributed by atoms with Gasteiger partial charge in [0.25, 0.3) is 0 Å². The van der Waals surface area contributed by atoms with Gasteiger partial charge in [-0.2, -0.15) is 0 Å². The summed E-state index contributed by atoms with van der Waals surface area (Å²) in [5.41, 5.74) is 5.95. The molecule has 0 spiro atoms. The van der Waals surface area contributed by atoms with Crippen LogP contribution in [0.25, 0.3) is 0 Å². The van der Waals surface area contributed by atoms with Crippen molar-refractivity contribution < 1.29 is 8.42 Å². The van der Waals surface area contributed by atoms with E-state index in [4.69, 9.17) is 18.0 Å². The third-order valence-corrected chi connectivity index (χ3v) is 4.56. The molecule has 0 unspecified atom stereocenters. The average Bonchev–Trinajstić information content (AvgIpc) is 2.28. The molecule has 0 bridgehead atoms. The smallest absolute Gasteiger partial charge is 0.243 e. The molecule has 0 aliphatic heterocycles. The van der Waals surface area contributed by atoms with Crippen LogP contribution in [0.4, 0.5) is 0 Å². The Hall–Kier alpha value is -0.980. The number of benzene rings is 1. The molecule has 1 aromatic rings. The molecule has 2 N–H and O–H groups in total. The maximum absolute atomic E-state index is 12.4. The maximum Gasteiger partial charge on any atom is 0.243 e. The molecule has 6 heteroatoms. The van der Waals surface area contributed by atoms with E-state index in [1.165, 1.54) is 10.4 Å². The lowest BCUT2D eigenvalue weighted by molar-refractivity contribution is 0.417. The number of sulfonamides is 1. The van der Waals surface area contributed by atoms with Gasteiger partial charge in [-0.05, 0) is 12.0 Å². The van der Waals surface area contributed by atoms with Gasteiger partial charge >= 0.3 is 0 Å². The van der Waals surface area contributed by atoms with E-state index in [0.29, 0.717) is 12.1 Å². The topological polar surface area (TPSA) is 63.4 Å². The molecule has 100 valence electrons. The molecule has 0 amide bonds. The Bertz CT molecular complexity index is 539. The van der Waals surface area contributed by atoms with Crippen molar-refractivity contribution in [1.29, 1.82) is 0 Å². The number of hydrogen-bond donors (Lipinski definition) is 1. The van der Waals surface area contributed by atoms with Crippen LogP contribution in [0.1, 0.15) is 19.4 Å². The highest BCUT2D eigenvalue weighted by atomic mass is 32.2. The quantitative estimate of drug-likeness (QED) is 0.835. The summed E-state index contributed by atoms with van der Waals surface area (Å²) in [7, 11) is -1.98. The van der Waals surface area contributed by atoms with Gasteiger partial charge in [0.05, 0.1) is 4.90 Å². The van der Waals surface area contributed by atoms with Crippen molar-refractivity contribution in [2.24, 2.45) is 11.7 Å². The first kappa shape index (κ1) is 15.1. The standard InChI is InChI=1S/C12H18N2O2S2/c1-9(2)8-14(3)18(15,16)11-7-5-4-6-10(11)12(13)17/h4-7,9H,8H2,1-3H3,(H2,13,17). The van der Waals surface area contributed by atoms with Gasteiger partial charge < -0.3 is 5.73 Å². The molecule has 0 fully saturated rings. The van der Waals surface area contributed by atoms with E-state index >= 15 is 0 Å². The zero-order valence-electron chi connectivity index (χ0n) is 10.8. The van der Waals surface area contributed by atoms with Crippen LogP contribution < -0.4 is 5.73 Å². The van der Waals surface area contributed by atoms with E-state index in [9.17, 15) is 8.42 Å². The second-order valence-electron chi connectivity index (χ2n) is 4.54. The summed E-state index contributed by atoms with van der Waals surface area (Å²) in [5.74, 6) is 0.252. The fourth-order valence-electron chi connectivity index (χ4n) is 1.68. The Labute approximate surface area is 114 Å². The molecule has 4 nitrogen and oxygen atoms in total. The molecule has 1 aromatic carbocycles. The molecule has 0 aromatic heterocycles. The van der Waals surface area contributed by atoms with Crippen molar-refractivity contribution in [3.05, 3.63) is 29.8 Å². The van der Waals surface area contributed by atoms with E-state index in [1.807, 2.05) is 13.8 Å². The Morgan fingerprint density at radius 3 is 2.44 bits per heavy atom. The number of rotatable bonds is 5. The SMILES string of the molecule is CC(C)CN(C)S(=O)(=O)c1ccccc1C(N)=S. The Kier molecular flexibility index (Phi) is 4.84.